The van der Waals surface area contributed by atoms with Gasteiger partial charge in [-0.1, -0.05) is 36.4 Å². The summed E-state index contributed by atoms with van der Waals surface area (Å²) >= 11 is 0. The molecule has 138 valence electrons. The zero-order valence-electron chi connectivity index (χ0n) is 14.9. The Morgan fingerprint density at radius 3 is 2.63 bits per heavy atom. The molecule has 0 radical (unpaired) electrons. The number of nitrogens with zero attached hydrogens (tertiary/aromatic N) is 2. The second kappa shape index (κ2) is 7.72. The van der Waals surface area contributed by atoms with Gasteiger partial charge in [-0.25, -0.2) is 0 Å². The first kappa shape index (κ1) is 17.4. The topological polar surface area (TPSA) is 90.9 Å². The molecular weight excluding hydrogens is 340 g/mol. The maximum absolute atomic E-state index is 12.8. The predicted molar refractivity (Wildman–Crippen MR) is 102 cm³/mol. The minimum absolute atomic E-state index is 0.0232. The summed E-state index contributed by atoms with van der Waals surface area (Å²) in [4.78, 5) is 17.0. The van der Waals surface area contributed by atoms with Crippen LogP contribution in [0, 0.1) is 5.92 Å². The van der Waals surface area contributed by atoms with E-state index in [2.05, 4.69) is 32.6 Å². The molecule has 2 heterocycles. The van der Waals surface area contributed by atoms with Gasteiger partial charge in [0.05, 0.1) is 11.8 Å². The molecule has 1 aliphatic rings. The van der Waals surface area contributed by atoms with Crippen molar-refractivity contribution in [2.45, 2.75) is 31.4 Å². The number of carbonyl (C=O) groups excluding carboxylic acids is 1. The zero-order chi connectivity index (χ0) is 18.6. The number of pyridine rings is 1. The second-order valence-electron chi connectivity index (χ2n) is 7.04. The molecule has 4 rings (SSSR count). The molecule has 0 unspecified atom stereocenters. The van der Waals surface area contributed by atoms with Gasteiger partial charge in [-0.15, -0.1) is 0 Å². The highest BCUT2D eigenvalue weighted by Gasteiger charge is 2.35. The highest BCUT2D eigenvalue weighted by Crippen LogP contribution is 2.32. The van der Waals surface area contributed by atoms with Crippen LogP contribution in [0.5, 0.6) is 0 Å². The number of nitrogens with one attached hydrogen (secondary N) is 2. The standard InChI is InChI=1S/C21H22N4O2/c26-16-11-15(12-16)18(10-14-6-2-1-3-7-14)23-21(27)20-13-19(24-25-20)17-8-4-5-9-22-17/h1-9,13,15-16,18,26H,10-12H2,(H,23,27)(H,24,25)/t15?,16?,18-/m0/s1. The summed E-state index contributed by atoms with van der Waals surface area (Å²) in [6.45, 7) is 0. The van der Waals surface area contributed by atoms with Crippen LogP contribution in [0.15, 0.2) is 60.8 Å². The maximum atomic E-state index is 12.8. The molecule has 1 aliphatic carbocycles. The first-order chi connectivity index (χ1) is 13.2. The molecule has 27 heavy (non-hydrogen) atoms. The fourth-order valence-corrected chi connectivity index (χ4v) is 3.49. The lowest BCUT2D eigenvalue weighted by Gasteiger charge is -2.38. The van der Waals surface area contributed by atoms with Crippen LogP contribution < -0.4 is 5.32 Å². The van der Waals surface area contributed by atoms with Gasteiger partial charge in [-0.3, -0.25) is 14.9 Å². The van der Waals surface area contributed by atoms with E-state index in [4.69, 9.17) is 0 Å². The molecule has 6 heteroatoms. The van der Waals surface area contributed by atoms with Crippen molar-refractivity contribution in [3.8, 4) is 11.4 Å². The zero-order valence-corrected chi connectivity index (χ0v) is 14.9. The lowest BCUT2D eigenvalue weighted by Crippen LogP contribution is -2.48. The number of amides is 1. The molecule has 0 saturated heterocycles. The van der Waals surface area contributed by atoms with Gasteiger partial charge in [-0.05, 0) is 48.9 Å². The molecule has 1 saturated carbocycles. The Bertz CT molecular complexity index is 889. The normalized spacial score (nSPS) is 19.9. The smallest absolute Gasteiger partial charge is 0.269 e. The lowest BCUT2D eigenvalue weighted by atomic mass is 9.75. The quantitative estimate of drug-likeness (QED) is 0.629. The number of hydrogen-bond acceptors (Lipinski definition) is 4. The highest BCUT2D eigenvalue weighted by atomic mass is 16.3. The number of hydrogen-bond donors (Lipinski definition) is 3. The van der Waals surface area contributed by atoms with Gasteiger partial charge in [0.1, 0.15) is 11.4 Å². The van der Waals surface area contributed by atoms with Crippen LogP contribution in [0.2, 0.25) is 0 Å². The minimum atomic E-state index is -0.256. The number of aromatic amines is 1. The molecule has 3 N–H and O–H groups in total. The fraction of sp³-hybridized carbons (Fsp3) is 0.286. The third-order valence-corrected chi connectivity index (χ3v) is 5.08. The Kier molecular flexibility index (Phi) is 4.98. The monoisotopic (exact) mass is 362 g/mol. The third-order valence-electron chi connectivity index (χ3n) is 5.08. The summed E-state index contributed by atoms with van der Waals surface area (Å²) in [6.07, 6.45) is 3.63. The number of aromatic nitrogens is 3. The van der Waals surface area contributed by atoms with Crippen LogP contribution in [-0.2, 0) is 6.42 Å². The molecule has 1 amide bonds. The number of aliphatic hydroxyl groups excluding tert-OH is 1. The van der Waals surface area contributed by atoms with Gasteiger partial charge in [0.15, 0.2) is 0 Å². The molecule has 0 spiro atoms. The molecule has 1 aromatic carbocycles. The van der Waals surface area contributed by atoms with E-state index in [1.54, 1.807) is 12.3 Å². The molecule has 1 atom stereocenters. The first-order valence-corrected chi connectivity index (χ1v) is 9.18. The number of H-pyrrole nitrogens is 1. The first-order valence-electron chi connectivity index (χ1n) is 9.18. The maximum Gasteiger partial charge on any atom is 0.269 e. The number of carbonyl (C=O) groups is 1. The van der Waals surface area contributed by atoms with Crippen LogP contribution in [0.4, 0.5) is 0 Å². The summed E-state index contributed by atoms with van der Waals surface area (Å²) < 4.78 is 0. The summed E-state index contributed by atoms with van der Waals surface area (Å²) in [7, 11) is 0. The Morgan fingerprint density at radius 2 is 1.93 bits per heavy atom. The molecular formula is C21H22N4O2. The van der Waals surface area contributed by atoms with Crippen molar-refractivity contribution in [1.82, 2.24) is 20.5 Å². The van der Waals surface area contributed by atoms with Crippen molar-refractivity contribution in [3.63, 3.8) is 0 Å². The average molecular weight is 362 g/mol. The average Bonchev–Trinajstić information content (AvgIpc) is 3.17. The van der Waals surface area contributed by atoms with E-state index < -0.39 is 0 Å². The fourth-order valence-electron chi connectivity index (χ4n) is 3.49. The van der Waals surface area contributed by atoms with Gasteiger partial charge in [-0.2, -0.15) is 5.10 Å². The largest absolute Gasteiger partial charge is 0.393 e. The van der Waals surface area contributed by atoms with Crippen LogP contribution >= 0.6 is 0 Å². The van der Waals surface area contributed by atoms with Gasteiger partial charge in [0.2, 0.25) is 0 Å². The molecule has 0 aliphatic heterocycles. The van der Waals surface area contributed by atoms with Crippen LogP contribution in [0.3, 0.4) is 0 Å². The van der Waals surface area contributed by atoms with Gasteiger partial charge in [0.25, 0.3) is 5.91 Å². The van der Waals surface area contributed by atoms with E-state index in [0.717, 1.165) is 25.0 Å². The summed E-state index contributed by atoms with van der Waals surface area (Å²) in [5.74, 6) is 0.0920. The van der Waals surface area contributed by atoms with E-state index >= 15 is 0 Å². The number of benzene rings is 1. The lowest BCUT2D eigenvalue weighted by molar-refractivity contribution is 0.0239. The molecule has 1 fully saturated rings. The Hall–Kier alpha value is -2.99. The highest BCUT2D eigenvalue weighted by molar-refractivity contribution is 5.93. The summed E-state index contributed by atoms with van der Waals surface area (Å²) in [5.41, 5.74) is 2.94. The van der Waals surface area contributed by atoms with E-state index in [1.165, 1.54) is 5.56 Å². The Labute approximate surface area is 157 Å². The minimum Gasteiger partial charge on any atom is -0.393 e. The van der Waals surface area contributed by atoms with E-state index in [1.807, 2.05) is 36.4 Å². The number of rotatable bonds is 6. The second-order valence-corrected chi connectivity index (χ2v) is 7.04. The van der Waals surface area contributed by atoms with Crippen molar-refractivity contribution in [3.05, 3.63) is 72.1 Å². The van der Waals surface area contributed by atoms with E-state index in [0.29, 0.717) is 11.4 Å². The van der Waals surface area contributed by atoms with Gasteiger partial charge in [0, 0.05) is 12.2 Å². The van der Waals surface area contributed by atoms with Gasteiger partial charge < -0.3 is 10.4 Å². The Morgan fingerprint density at radius 1 is 1.15 bits per heavy atom. The summed E-state index contributed by atoms with van der Waals surface area (Å²) in [5, 5.41) is 19.8. The SMILES string of the molecule is O=C(N[C@@H](Cc1ccccc1)C1CC(O)C1)c1cc(-c2ccccn2)n[nH]1. The van der Waals surface area contributed by atoms with Crippen molar-refractivity contribution in [1.29, 1.82) is 0 Å². The predicted octanol–water partition coefficient (Wildman–Crippen LogP) is 2.58. The van der Waals surface area contributed by atoms with Crippen LogP contribution in [0.1, 0.15) is 28.9 Å². The summed E-state index contributed by atoms with van der Waals surface area (Å²) in [6, 6.07) is 17.4. The van der Waals surface area contributed by atoms with Crippen molar-refractivity contribution >= 4 is 5.91 Å². The van der Waals surface area contributed by atoms with E-state index in [9.17, 15) is 9.90 Å². The molecule has 0 bridgehead atoms. The van der Waals surface area contributed by atoms with Crippen LogP contribution in [0.25, 0.3) is 11.4 Å². The molecule has 6 nitrogen and oxygen atoms in total. The Balaban J connectivity index is 1.47. The van der Waals surface area contributed by atoms with Crippen molar-refractivity contribution in [2.24, 2.45) is 5.92 Å². The van der Waals surface area contributed by atoms with Crippen molar-refractivity contribution < 1.29 is 9.90 Å². The molecule has 2 aromatic heterocycles. The number of aliphatic hydroxyl groups is 1. The van der Waals surface area contributed by atoms with Crippen LogP contribution in [-0.4, -0.2) is 38.3 Å². The molecule has 3 aromatic rings. The van der Waals surface area contributed by atoms with E-state index in [-0.39, 0.29) is 24.0 Å². The van der Waals surface area contributed by atoms with Crippen molar-refractivity contribution in [2.75, 3.05) is 0 Å². The van der Waals surface area contributed by atoms with Gasteiger partial charge >= 0.3 is 0 Å². The third kappa shape index (κ3) is 4.06.